The van der Waals surface area contributed by atoms with Crippen LogP contribution in [0.5, 0.6) is 5.75 Å². The molecule has 2 fully saturated rings. The van der Waals surface area contributed by atoms with Gasteiger partial charge in [0.2, 0.25) is 0 Å². The van der Waals surface area contributed by atoms with Gasteiger partial charge in [-0.15, -0.1) is 0 Å². The number of carboxylic acid groups (broad SMARTS) is 1. The van der Waals surface area contributed by atoms with Crippen molar-refractivity contribution in [2.24, 2.45) is 5.92 Å². The van der Waals surface area contributed by atoms with Gasteiger partial charge in [0.05, 0.1) is 22.6 Å². The Kier molecular flexibility index (Phi) is 7.90. The van der Waals surface area contributed by atoms with E-state index in [9.17, 15) is 18.8 Å². The van der Waals surface area contributed by atoms with Crippen molar-refractivity contribution >= 4 is 29.4 Å². The highest BCUT2D eigenvalue weighted by Gasteiger charge is 2.28. The normalized spacial score (nSPS) is 19.6. The van der Waals surface area contributed by atoms with E-state index in [4.69, 9.17) is 21.4 Å². The van der Waals surface area contributed by atoms with Crippen molar-refractivity contribution in [1.29, 1.82) is 0 Å². The predicted octanol–water partition coefficient (Wildman–Crippen LogP) is 4.54. The summed E-state index contributed by atoms with van der Waals surface area (Å²) in [6.45, 7) is 0.350. The van der Waals surface area contributed by atoms with E-state index in [1.54, 1.807) is 30.3 Å². The number of hydrogen-bond donors (Lipinski definition) is 3. The molecule has 7 nitrogen and oxygen atoms in total. The number of carboxylic acids is 1. The molecule has 0 saturated heterocycles. The summed E-state index contributed by atoms with van der Waals surface area (Å²) in [4.78, 5) is 35.8. The lowest BCUT2D eigenvalue weighted by atomic mass is 9.87. The Morgan fingerprint density at radius 3 is 2.23 bits per heavy atom. The van der Waals surface area contributed by atoms with Crippen LogP contribution < -0.4 is 15.4 Å². The molecule has 2 aromatic rings. The predicted molar refractivity (Wildman–Crippen MR) is 129 cm³/mol. The fourth-order valence-corrected chi connectivity index (χ4v) is 4.57. The molecule has 0 aromatic heterocycles. The maximum absolute atomic E-state index is 14.1. The second-order valence-corrected chi connectivity index (χ2v) is 9.50. The average Bonchev–Trinajstić information content (AvgIpc) is 3.67. The van der Waals surface area contributed by atoms with Crippen LogP contribution in [0.3, 0.4) is 0 Å². The van der Waals surface area contributed by atoms with Crippen LogP contribution in [-0.4, -0.2) is 42.1 Å². The number of aliphatic carboxylic acids is 1. The highest BCUT2D eigenvalue weighted by molar-refractivity contribution is 6.34. The Labute approximate surface area is 208 Å². The van der Waals surface area contributed by atoms with Crippen molar-refractivity contribution in [1.82, 2.24) is 10.6 Å². The standard InChI is InChI=1S/C26H28ClFN2O5/c27-22-14-19(35-18-6-3-16(4-7-18)26(33)34)8-10-21(22)25(32)30-12-11-29-24(31)17-5-9-20(15-1-2-15)23(28)13-17/h5,8-10,13-16,18H,1-4,6-7,11-12H2,(H,29,31)(H,30,32)(H,33,34)/t16-,18+. The minimum absolute atomic E-state index is 0.0802. The fourth-order valence-electron chi connectivity index (χ4n) is 4.32. The Morgan fingerprint density at radius 1 is 0.943 bits per heavy atom. The lowest BCUT2D eigenvalue weighted by Crippen LogP contribution is -2.34. The van der Waals surface area contributed by atoms with Crippen LogP contribution in [0.1, 0.15) is 70.7 Å². The van der Waals surface area contributed by atoms with E-state index in [0.29, 0.717) is 37.0 Å². The molecule has 2 amide bonds. The monoisotopic (exact) mass is 502 g/mol. The van der Waals surface area contributed by atoms with Gasteiger partial charge in [-0.1, -0.05) is 17.7 Å². The molecule has 186 valence electrons. The van der Waals surface area contributed by atoms with Gasteiger partial charge in [-0.25, -0.2) is 4.39 Å². The lowest BCUT2D eigenvalue weighted by molar-refractivity contribution is -0.143. The van der Waals surface area contributed by atoms with Crippen LogP contribution in [0, 0.1) is 11.7 Å². The van der Waals surface area contributed by atoms with Crippen molar-refractivity contribution in [2.75, 3.05) is 13.1 Å². The summed E-state index contributed by atoms with van der Waals surface area (Å²) in [7, 11) is 0. The van der Waals surface area contributed by atoms with Crippen LogP contribution >= 0.6 is 11.6 Å². The van der Waals surface area contributed by atoms with Crippen LogP contribution in [0.25, 0.3) is 0 Å². The third-order valence-corrected chi connectivity index (χ3v) is 6.80. The molecule has 2 aliphatic carbocycles. The molecular weight excluding hydrogens is 475 g/mol. The number of halogens is 2. The van der Waals surface area contributed by atoms with Crippen LogP contribution in [0.4, 0.5) is 4.39 Å². The number of rotatable bonds is 9. The Bertz CT molecular complexity index is 1110. The first-order chi connectivity index (χ1) is 16.8. The molecule has 0 aliphatic heterocycles. The second-order valence-electron chi connectivity index (χ2n) is 9.09. The summed E-state index contributed by atoms with van der Waals surface area (Å²) in [6, 6.07) is 9.33. The Hall–Kier alpha value is -3.13. The van der Waals surface area contributed by atoms with Gasteiger partial charge in [-0.2, -0.15) is 0 Å². The highest BCUT2D eigenvalue weighted by Crippen LogP contribution is 2.41. The van der Waals surface area contributed by atoms with Gasteiger partial charge in [0, 0.05) is 18.7 Å². The van der Waals surface area contributed by atoms with Crippen molar-refractivity contribution in [3.63, 3.8) is 0 Å². The minimum Gasteiger partial charge on any atom is -0.490 e. The zero-order chi connectivity index (χ0) is 24.9. The smallest absolute Gasteiger partial charge is 0.306 e. The zero-order valence-electron chi connectivity index (χ0n) is 19.2. The Morgan fingerprint density at radius 2 is 1.63 bits per heavy atom. The first kappa shape index (κ1) is 25.0. The van der Waals surface area contributed by atoms with Gasteiger partial charge < -0.3 is 20.5 Å². The fraction of sp³-hybridized carbons (Fsp3) is 0.423. The van der Waals surface area contributed by atoms with Crippen molar-refractivity contribution in [3.05, 3.63) is 63.9 Å². The third kappa shape index (κ3) is 6.51. The molecule has 0 radical (unpaired) electrons. The van der Waals surface area contributed by atoms with Gasteiger partial charge in [-0.05, 0) is 80.3 Å². The molecule has 2 saturated carbocycles. The van der Waals surface area contributed by atoms with Crippen molar-refractivity contribution < 1.29 is 28.6 Å². The zero-order valence-corrected chi connectivity index (χ0v) is 19.9. The Balaban J connectivity index is 1.21. The number of benzene rings is 2. The van der Waals surface area contributed by atoms with Crippen LogP contribution in [-0.2, 0) is 4.79 Å². The van der Waals surface area contributed by atoms with E-state index in [1.165, 1.54) is 6.07 Å². The van der Waals surface area contributed by atoms with Gasteiger partial charge in [-0.3, -0.25) is 14.4 Å². The summed E-state index contributed by atoms with van der Waals surface area (Å²) >= 11 is 6.28. The molecular formula is C26H28ClFN2O5. The average molecular weight is 503 g/mol. The molecule has 0 spiro atoms. The minimum atomic E-state index is -0.766. The molecule has 9 heteroatoms. The molecule has 3 N–H and O–H groups in total. The van der Waals surface area contributed by atoms with E-state index in [1.807, 2.05) is 0 Å². The largest absolute Gasteiger partial charge is 0.490 e. The number of hydrogen-bond acceptors (Lipinski definition) is 4. The van der Waals surface area contributed by atoms with E-state index < -0.39 is 17.8 Å². The van der Waals surface area contributed by atoms with Gasteiger partial charge in [0.15, 0.2) is 0 Å². The number of carbonyl (C=O) groups excluding carboxylic acids is 2. The van der Waals surface area contributed by atoms with Crippen molar-refractivity contribution in [2.45, 2.75) is 50.5 Å². The van der Waals surface area contributed by atoms with E-state index in [0.717, 1.165) is 12.8 Å². The number of nitrogens with one attached hydrogen (secondary N) is 2. The molecule has 0 bridgehead atoms. The molecule has 4 rings (SSSR count). The molecule has 2 aromatic carbocycles. The second kappa shape index (κ2) is 11.1. The van der Waals surface area contributed by atoms with Gasteiger partial charge in [0.25, 0.3) is 11.8 Å². The molecule has 2 aliphatic rings. The molecule has 35 heavy (non-hydrogen) atoms. The number of carbonyl (C=O) groups is 3. The molecule has 0 heterocycles. The summed E-state index contributed by atoms with van der Waals surface area (Å²) < 4.78 is 20.1. The van der Waals surface area contributed by atoms with Gasteiger partial charge in [0.1, 0.15) is 11.6 Å². The number of amides is 2. The molecule has 0 atom stereocenters. The first-order valence-electron chi connectivity index (χ1n) is 11.9. The van der Waals surface area contributed by atoms with Crippen LogP contribution in [0.2, 0.25) is 5.02 Å². The van der Waals surface area contributed by atoms with E-state index in [-0.39, 0.29) is 53.0 Å². The maximum atomic E-state index is 14.1. The third-order valence-electron chi connectivity index (χ3n) is 6.49. The van der Waals surface area contributed by atoms with Gasteiger partial charge >= 0.3 is 5.97 Å². The van der Waals surface area contributed by atoms with E-state index in [2.05, 4.69) is 10.6 Å². The summed E-state index contributed by atoms with van der Waals surface area (Å²) in [5.74, 6) is -1.44. The SMILES string of the molecule is O=C(NCCNC(=O)c1ccc(O[C@H]2CC[C@@H](C(=O)O)CC2)cc1Cl)c1ccc(C2CC2)c(F)c1. The number of ether oxygens (including phenoxy) is 1. The quantitative estimate of drug-likeness (QED) is 0.437. The molecule has 0 unspecified atom stereocenters. The summed E-state index contributed by atoms with van der Waals surface area (Å²) in [5, 5.41) is 14.7. The summed E-state index contributed by atoms with van der Waals surface area (Å²) in [5.41, 5.74) is 1.18. The topological polar surface area (TPSA) is 105 Å². The van der Waals surface area contributed by atoms with E-state index >= 15 is 0 Å². The highest BCUT2D eigenvalue weighted by atomic mass is 35.5. The van der Waals surface area contributed by atoms with Crippen molar-refractivity contribution in [3.8, 4) is 5.75 Å². The maximum Gasteiger partial charge on any atom is 0.306 e. The van der Waals surface area contributed by atoms with Crippen LogP contribution in [0.15, 0.2) is 36.4 Å². The first-order valence-corrected chi connectivity index (χ1v) is 12.2. The summed E-state index contributed by atoms with van der Waals surface area (Å²) in [6.07, 6.45) is 4.34. The lowest BCUT2D eigenvalue weighted by Gasteiger charge is -2.26.